The molecule has 1 aromatic rings. The van der Waals surface area contributed by atoms with Crippen molar-refractivity contribution < 1.29 is 4.21 Å². The summed E-state index contributed by atoms with van der Waals surface area (Å²) in [6.45, 7) is 3.22. The molecule has 1 fully saturated rings. The molecule has 1 aromatic carbocycles. The first-order valence-electron chi connectivity index (χ1n) is 7.52. The Labute approximate surface area is 119 Å². The average molecular weight is 279 g/mol. The molecule has 1 aliphatic carbocycles. The molecule has 1 saturated carbocycles. The molecule has 106 valence electrons. The zero-order chi connectivity index (χ0) is 13.5. The molecule has 3 heteroatoms. The average Bonchev–Trinajstić information content (AvgIpc) is 2.70. The molecule has 2 rings (SSSR count). The summed E-state index contributed by atoms with van der Waals surface area (Å²) in [5, 5.41) is 3.89. The van der Waals surface area contributed by atoms with Crippen molar-refractivity contribution in [3.05, 3.63) is 30.3 Å². The molecule has 3 atom stereocenters. The van der Waals surface area contributed by atoms with Gasteiger partial charge in [-0.1, -0.05) is 44.4 Å². The summed E-state index contributed by atoms with van der Waals surface area (Å²) in [5.41, 5.74) is 0. The summed E-state index contributed by atoms with van der Waals surface area (Å²) < 4.78 is 12.8. The minimum absolute atomic E-state index is 0.274. The number of rotatable bonds is 5. The molecule has 0 amide bonds. The van der Waals surface area contributed by atoms with Gasteiger partial charge in [-0.3, -0.25) is 4.21 Å². The normalized spacial score (nSPS) is 25.7. The van der Waals surface area contributed by atoms with Crippen molar-refractivity contribution in [1.82, 2.24) is 5.32 Å². The van der Waals surface area contributed by atoms with Crippen molar-refractivity contribution in [3.8, 4) is 0 Å². The van der Waals surface area contributed by atoms with Crippen LogP contribution >= 0.6 is 0 Å². The molecule has 2 nitrogen and oxygen atoms in total. The molecule has 1 N–H and O–H groups in total. The van der Waals surface area contributed by atoms with Crippen LogP contribution < -0.4 is 5.32 Å². The van der Waals surface area contributed by atoms with Crippen molar-refractivity contribution in [1.29, 1.82) is 0 Å². The number of nitrogens with one attached hydrogen (secondary N) is 1. The van der Waals surface area contributed by atoms with Gasteiger partial charge in [0.1, 0.15) is 0 Å². The third-order valence-corrected chi connectivity index (χ3v) is 5.71. The zero-order valence-corrected chi connectivity index (χ0v) is 12.6. The van der Waals surface area contributed by atoms with Crippen LogP contribution in [0.3, 0.4) is 0 Å². The summed E-state index contributed by atoms with van der Waals surface area (Å²) >= 11 is 0. The molecule has 0 bridgehead atoms. The SMILES string of the molecule is CCCNC1CCCCCC1S(=O)c1ccccc1. The molecule has 0 aromatic heterocycles. The molecular formula is C16H25NOS. The highest BCUT2D eigenvalue weighted by Gasteiger charge is 2.28. The fourth-order valence-corrected chi connectivity index (χ4v) is 4.51. The molecule has 3 unspecified atom stereocenters. The second-order valence-corrected chi connectivity index (χ2v) is 7.02. The van der Waals surface area contributed by atoms with E-state index in [9.17, 15) is 4.21 Å². The van der Waals surface area contributed by atoms with E-state index in [1.54, 1.807) is 0 Å². The minimum atomic E-state index is -0.877. The molecule has 0 aliphatic heterocycles. The Kier molecular flexibility index (Phi) is 6.05. The van der Waals surface area contributed by atoms with Crippen molar-refractivity contribution in [2.45, 2.75) is 61.6 Å². The van der Waals surface area contributed by atoms with Gasteiger partial charge in [-0.2, -0.15) is 0 Å². The summed E-state index contributed by atoms with van der Waals surface area (Å²) in [7, 11) is -0.877. The van der Waals surface area contributed by atoms with E-state index in [4.69, 9.17) is 0 Å². The Morgan fingerprint density at radius 3 is 2.63 bits per heavy atom. The lowest BCUT2D eigenvalue weighted by molar-refractivity contribution is 0.463. The highest BCUT2D eigenvalue weighted by atomic mass is 32.2. The molecule has 0 saturated heterocycles. The molecule has 0 spiro atoms. The van der Waals surface area contributed by atoms with Gasteiger partial charge in [-0.25, -0.2) is 0 Å². The maximum absolute atomic E-state index is 12.8. The fourth-order valence-electron chi connectivity index (χ4n) is 2.82. The topological polar surface area (TPSA) is 29.1 Å². The van der Waals surface area contributed by atoms with Gasteiger partial charge in [0.15, 0.2) is 0 Å². The fraction of sp³-hybridized carbons (Fsp3) is 0.625. The molecule has 0 radical (unpaired) electrons. The number of benzene rings is 1. The van der Waals surface area contributed by atoms with Gasteiger partial charge in [-0.05, 0) is 37.9 Å². The molecular weight excluding hydrogens is 254 g/mol. The highest BCUT2D eigenvalue weighted by molar-refractivity contribution is 7.85. The van der Waals surface area contributed by atoms with Crippen LogP contribution in [-0.4, -0.2) is 22.0 Å². The Morgan fingerprint density at radius 2 is 1.89 bits per heavy atom. The van der Waals surface area contributed by atoms with Crippen LogP contribution in [-0.2, 0) is 10.8 Å². The van der Waals surface area contributed by atoms with Gasteiger partial charge in [0.2, 0.25) is 0 Å². The lowest BCUT2D eigenvalue weighted by atomic mass is 10.1. The van der Waals surface area contributed by atoms with Gasteiger partial charge >= 0.3 is 0 Å². The first kappa shape index (κ1) is 14.7. The Morgan fingerprint density at radius 1 is 1.16 bits per heavy atom. The minimum Gasteiger partial charge on any atom is -0.313 e. The van der Waals surface area contributed by atoms with Gasteiger partial charge in [-0.15, -0.1) is 0 Å². The van der Waals surface area contributed by atoms with Crippen molar-refractivity contribution in [3.63, 3.8) is 0 Å². The van der Waals surface area contributed by atoms with Crippen LogP contribution in [0.4, 0.5) is 0 Å². The predicted molar refractivity (Wildman–Crippen MR) is 81.8 cm³/mol. The van der Waals surface area contributed by atoms with E-state index in [0.29, 0.717) is 6.04 Å². The Bertz CT molecular complexity index is 393. The third-order valence-electron chi connectivity index (χ3n) is 3.86. The van der Waals surface area contributed by atoms with Gasteiger partial charge in [0, 0.05) is 10.9 Å². The van der Waals surface area contributed by atoms with E-state index in [1.807, 2.05) is 30.3 Å². The molecule has 0 heterocycles. The van der Waals surface area contributed by atoms with Crippen LogP contribution in [0, 0.1) is 0 Å². The van der Waals surface area contributed by atoms with E-state index in [1.165, 1.54) is 25.7 Å². The highest BCUT2D eigenvalue weighted by Crippen LogP contribution is 2.25. The summed E-state index contributed by atoms with van der Waals surface area (Å²) in [6.07, 6.45) is 7.16. The van der Waals surface area contributed by atoms with Crippen molar-refractivity contribution in [2.75, 3.05) is 6.54 Å². The maximum Gasteiger partial charge on any atom is 0.0576 e. The smallest absolute Gasteiger partial charge is 0.0576 e. The third kappa shape index (κ3) is 4.15. The van der Waals surface area contributed by atoms with Crippen LogP contribution in [0.2, 0.25) is 0 Å². The second-order valence-electron chi connectivity index (χ2n) is 5.35. The predicted octanol–water partition coefficient (Wildman–Crippen LogP) is 3.50. The summed E-state index contributed by atoms with van der Waals surface area (Å²) in [6, 6.07) is 10.4. The lowest BCUT2D eigenvalue weighted by Crippen LogP contribution is -2.41. The monoisotopic (exact) mass is 279 g/mol. The number of hydrogen-bond donors (Lipinski definition) is 1. The lowest BCUT2D eigenvalue weighted by Gasteiger charge is -2.25. The largest absolute Gasteiger partial charge is 0.313 e. The summed E-state index contributed by atoms with van der Waals surface area (Å²) in [5.74, 6) is 0. The Balaban J connectivity index is 2.10. The first-order chi connectivity index (χ1) is 9.33. The van der Waals surface area contributed by atoms with Crippen LogP contribution in [0.1, 0.15) is 45.4 Å². The molecule has 1 aliphatic rings. The van der Waals surface area contributed by atoms with Crippen molar-refractivity contribution in [2.24, 2.45) is 0 Å². The van der Waals surface area contributed by atoms with E-state index in [0.717, 1.165) is 24.3 Å². The number of hydrogen-bond acceptors (Lipinski definition) is 2. The van der Waals surface area contributed by atoms with Crippen LogP contribution in [0.5, 0.6) is 0 Å². The van der Waals surface area contributed by atoms with Gasteiger partial charge in [0.05, 0.1) is 16.0 Å². The van der Waals surface area contributed by atoms with Crippen molar-refractivity contribution >= 4 is 10.8 Å². The quantitative estimate of drug-likeness (QED) is 0.836. The second kappa shape index (κ2) is 7.81. The van der Waals surface area contributed by atoms with Crippen LogP contribution in [0.25, 0.3) is 0 Å². The maximum atomic E-state index is 12.8. The van der Waals surface area contributed by atoms with E-state index in [2.05, 4.69) is 12.2 Å². The van der Waals surface area contributed by atoms with E-state index >= 15 is 0 Å². The van der Waals surface area contributed by atoms with E-state index < -0.39 is 10.8 Å². The zero-order valence-electron chi connectivity index (χ0n) is 11.8. The summed E-state index contributed by atoms with van der Waals surface area (Å²) in [4.78, 5) is 0.984. The standard InChI is InChI=1S/C16H25NOS/c1-2-13-17-15-11-7-4-8-12-16(15)19(18)14-9-5-3-6-10-14/h3,5-6,9-10,15-17H,2,4,7-8,11-13H2,1H3. The van der Waals surface area contributed by atoms with E-state index in [-0.39, 0.29) is 5.25 Å². The van der Waals surface area contributed by atoms with Gasteiger partial charge in [0.25, 0.3) is 0 Å². The van der Waals surface area contributed by atoms with Crippen LogP contribution in [0.15, 0.2) is 35.2 Å². The Hall–Kier alpha value is -0.670. The molecule has 19 heavy (non-hydrogen) atoms. The van der Waals surface area contributed by atoms with Gasteiger partial charge < -0.3 is 5.32 Å². The first-order valence-corrected chi connectivity index (χ1v) is 8.73.